The van der Waals surface area contributed by atoms with E-state index in [0.29, 0.717) is 18.8 Å². The van der Waals surface area contributed by atoms with Gasteiger partial charge in [0.05, 0.1) is 36.0 Å². The fourth-order valence-electron chi connectivity index (χ4n) is 4.44. The minimum Gasteiger partial charge on any atom is -0.335 e. The number of fused-ring (bicyclic) bond motifs is 5. The fraction of sp³-hybridized carbons (Fsp3) is 0.429. The van der Waals surface area contributed by atoms with Gasteiger partial charge in [-0.1, -0.05) is 25.5 Å². The van der Waals surface area contributed by atoms with E-state index < -0.39 is 0 Å². The molecule has 144 valence electrons. The van der Waals surface area contributed by atoms with Crippen LogP contribution in [0.25, 0.3) is 17.1 Å². The van der Waals surface area contributed by atoms with E-state index in [-0.39, 0.29) is 11.9 Å². The summed E-state index contributed by atoms with van der Waals surface area (Å²) in [5, 5.41) is 4.90. The molecule has 1 unspecified atom stereocenters. The molecule has 1 aromatic carbocycles. The van der Waals surface area contributed by atoms with Crippen LogP contribution in [0, 0.1) is 6.92 Å². The van der Waals surface area contributed by atoms with Crippen LogP contribution in [0.15, 0.2) is 30.6 Å². The van der Waals surface area contributed by atoms with Crippen LogP contribution in [-0.2, 0) is 11.3 Å². The van der Waals surface area contributed by atoms with Crippen LogP contribution in [0.4, 0.5) is 0 Å². The quantitative estimate of drug-likeness (QED) is 0.701. The van der Waals surface area contributed by atoms with Crippen LogP contribution >= 0.6 is 0 Å². The molecule has 0 radical (unpaired) electrons. The smallest absolute Gasteiger partial charge is 0.223 e. The predicted octanol–water partition coefficient (Wildman–Crippen LogP) is 3.26. The van der Waals surface area contributed by atoms with Gasteiger partial charge in [-0.15, -0.1) is 0 Å². The van der Waals surface area contributed by atoms with E-state index in [1.165, 1.54) is 5.69 Å². The van der Waals surface area contributed by atoms with E-state index in [9.17, 15) is 4.79 Å². The number of rotatable bonds is 4. The maximum Gasteiger partial charge on any atom is 0.223 e. The summed E-state index contributed by atoms with van der Waals surface area (Å²) in [6.07, 6.45) is 5.45. The van der Waals surface area contributed by atoms with Crippen LogP contribution < -0.4 is 0 Å². The maximum atomic E-state index is 12.1. The van der Waals surface area contributed by atoms with Gasteiger partial charge < -0.3 is 9.47 Å². The van der Waals surface area contributed by atoms with Crippen LogP contribution in [0.1, 0.15) is 55.9 Å². The molecule has 1 saturated heterocycles. The summed E-state index contributed by atoms with van der Waals surface area (Å²) in [6, 6.07) is 8.35. The van der Waals surface area contributed by atoms with Crippen molar-refractivity contribution in [2.45, 2.75) is 52.1 Å². The first-order chi connectivity index (χ1) is 13.7. The second-order valence-electron chi connectivity index (χ2n) is 7.62. The van der Waals surface area contributed by atoms with Gasteiger partial charge in [0, 0.05) is 18.5 Å². The second kappa shape index (κ2) is 6.58. The normalized spacial score (nSPS) is 18.0. The zero-order valence-electron chi connectivity index (χ0n) is 16.3. The lowest BCUT2D eigenvalue weighted by molar-refractivity contribution is -0.128. The standard InChI is InChI=1S/C21H24N6O/c1-3-7-17-20-14(2)22-13-26(20)16-9-5-4-8-15(16)21-23-18(24-27(17)21)12-25-11-6-10-19(25)28/h4-5,8-9,13,17H,3,6-7,10-12H2,1-2H3. The number of carbonyl (C=O) groups excluding carboxylic acids is 1. The third-order valence-corrected chi connectivity index (χ3v) is 5.75. The average Bonchev–Trinajstić information content (AvgIpc) is 3.38. The Kier molecular flexibility index (Phi) is 4.03. The zero-order chi connectivity index (χ0) is 19.3. The molecule has 0 bridgehead atoms. The van der Waals surface area contributed by atoms with Crippen molar-refractivity contribution in [3.63, 3.8) is 0 Å². The molecule has 1 fully saturated rings. The Labute approximate surface area is 164 Å². The van der Waals surface area contributed by atoms with Crippen LogP contribution in [0.5, 0.6) is 0 Å². The van der Waals surface area contributed by atoms with E-state index >= 15 is 0 Å². The maximum absolute atomic E-state index is 12.1. The highest BCUT2D eigenvalue weighted by molar-refractivity contribution is 5.78. The second-order valence-corrected chi connectivity index (χ2v) is 7.62. The lowest BCUT2D eigenvalue weighted by Crippen LogP contribution is -2.24. The number of amides is 1. The molecule has 7 heteroatoms. The number of imidazole rings is 1. The van der Waals surface area contributed by atoms with Crippen molar-refractivity contribution in [1.82, 2.24) is 29.2 Å². The van der Waals surface area contributed by atoms with Crippen molar-refractivity contribution in [2.75, 3.05) is 6.54 Å². The summed E-state index contributed by atoms with van der Waals surface area (Å²) in [6.45, 7) is 5.53. The molecule has 2 aliphatic heterocycles. The van der Waals surface area contributed by atoms with Crippen molar-refractivity contribution in [3.8, 4) is 17.1 Å². The molecule has 5 rings (SSSR count). The third-order valence-electron chi connectivity index (χ3n) is 5.75. The molecule has 3 aromatic rings. The highest BCUT2D eigenvalue weighted by atomic mass is 16.2. The number of hydrogen-bond donors (Lipinski definition) is 0. The Hall–Kier alpha value is -2.96. The molecule has 0 aliphatic carbocycles. The molecule has 0 N–H and O–H groups in total. The van der Waals surface area contributed by atoms with Crippen LogP contribution in [0.2, 0.25) is 0 Å². The van der Waals surface area contributed by atoms with Gasteiger partial charge in [-0.05, 0) is 31.9 Å². The molecular weight excluding hydrogens is 352 g/mol. The summed E-state index contributed by atoms with van der Waals surface area (Å²) in [5.41, 5.74) is 4.31. The summed E-state index contributed by atoms with van der Waals surface area (Å²) < 4.78 is 4.25. The highest BCUT2D eigenvalue weighted by Crippen LogP contribution is 2.38. The van der Waals surface area contributed by atoms with Crippen molar-refractivity contribution >= 4 is 5.91 Å². The summed E-state index contributed by atoms with van der Waals surface area (Å²) in [5.74, 6) is 1.79. The minimum atomic E-state index is 0.0745. The number of benzene rings is 1. The number of para-hydroxylation sites is 1. The summed E-state index contributed by atoms with van der Waals surface area (Å²) in [4.78, 5) is 23.4. The first-order valence-corrected chi connectivity index (χ1v) is 10.0. The van der Waals surface area contributed by atoms with Gasteiger partial charge in [0.2, 0.25) is 5.91 Å². The van der Waals surface area contributed by atoms with E-state index in [0.717, 1.165) is 48.6 Å². The largest absolute Gasteiger partial charge is 0.335 e. The minimum absolute atomic E-state index is 0.0745. The molecular formula is C21H24N6O. The third kappa shape index (κ3) is 2.57. The van der Waals surface area contributed by atoms with Gasteiger partial charge in [-0.3, -0.25) is 4.79 Å². The SMILES string of the molecule is CCCC1c2c(C)ncn2-c2ccccc2-c2nc(CN3CCCC3=O)nn21. The average molecular weight is 376 g/mol. The molecule has 2 aromatic heterocycles. The molecule has 1 amide bonds. The van der Waals surface area contributed by atoms with E-state index in [1.54, 1.807) is 0 Å². The molecule has 4 heterocycles. The highest BCUT2D eigenvalue weighted by Gasteiger charge is 2.31. The number of aromatic nitrogens is 5. The number of hydrogen-bond acceptors (Lipinski definition) is 4. The molecule has 0 saturated carbocycles. The number of nitrogens with zero attached hydrogens (tertiary/aromatic N) is 6. The molecule has 1 atom stereocenters. The van der Waals surface area contributed by atoms with Gasteiger partial charge in [-0.25, -0.2) is 14.6 Å². The van der Waals surface area contributed by atoms with Gasteiger partial charge in [0.25, 0.3) is 0 Å². The Morgan fingerprint density at radius 1 is 1.25 bits per heavy atom. The topological polar surface area (TPSA) is 68.8 Å². The first-order valence-electron chi connectivity index (χ1n) is 10.0. The monoisotopic (exact) mass is 376 g/mol. The fourth-order valence-corrected chi connectivity index (χ4v) is 4.44. The number of likely N-dealkylation sites (tertiary alicyclic amines) is 1. The van der Waals surface area contributed by atoms with Gasteiger partial charge in [-0.2, -0.15) is 5.10 Å². The number of carbonyl (C=O) groups is 1. The van der Waals surface area contributed by atoms with E-state index in [1.807, 2.05) is 23.4 Å². The summed E-state index contributed by atoms with van der Waals surface area (Å²) in [7, 11) is 0. The van der Waals surface area contributed by atoms with Crippen molar-refractivity contribution in [1.29, 1.82) is 0 Å². The molecule has 2 aliphatic rings. The van der Waals surface area contributed by atoms with Crippen molar-refractivity contribution < 1.29 is 4.79 Å². The lowest BCUT2D eigenvalue weighted by Gasteiger charge is -2.18. The van der Waals surface area contributed by atoms with E-state index in [4.69, 9.17) is 10.1 Å². The van der Waals surface area contributed by atoms with Crippen molar-refractivity contribution in [2.24, 2.45) is 0 Å². The van der Waals surface area contributed by atoms with Crippen LogP contribution in [-0.4, -0.2) is 41.7 Å². The van der Waals surface area contributed by atoms with E-state index in [2.05, 4.69) is 40.2 Å². The summed E-state index contributed by atoms with van der Waals surface area (Å²) >= 11 is 0. The van der Waals surface area contributed by atoms with Crippen LogP contribution in [0.3, 0.4) is 0 Å². The first kappa shape index (κ1) is 17.2. The van der Waals surface area contributed by atoms with Crippen molar-refractivity contribution in [3.05, 3.63) is 47.8 Å². The van der Waals surface area contributed by atoms with Gasteiger partial charge >= 0.3 is 0 Å². The Morgan fingerprint density at radius 2 is 2.11 bits per heavy atom. The Bertz CT molecular complexity index is 1050. The Morgan fingerprint density at radius 3 is 2.89 bits per heavy atom. The molecule has 28 heavy (non-hydrogen) atoms. The zero-order valence-corrected chi connectivity index (χ0v) is 16.3. The number of aryl methyl sites for hydroxylation is 1. The predicted molar refractivity (Wildman–Crippen MR) is 105 cm³/mol. The Balaban J connectivity index is 1.68. The lowest BCUT2D eigenvalue weighted by atomic mass is 10.1. The van der Waals surface area contributed by atoms with Gasteiger partial charge in [0.1, 0.15) is 0 Å². The van der Waals surface area contributed by atoms with Gasteiger partial charge in [0.15, 0.2) is 11.6 Å². The molecule has 7 nitrogen and oxygen atoms in total. The molecule has 0 spiro atoms.